The number of nitriles is 1. The Morgan fingerprint density at radius 3 is 2.50 bits per heavy atom. The number of anilines is 1. The highest BCUT2D eigenvalue weighted by Crippen LogP contribution is 2.29. The Morgan fingerprint density at radius 1 is 1.23 bits per heavy atom. The van der Waals surface area contributed by atoms with E-state index in [1.807, 2.05) is 6.07 Å². The van der Waals surface area contributed by atoms with Crippen LogP contribution in [0.1, 0.15) is 18.1 Å². The number of hydrazone groups is 1. The highest BCUT2D eigenvalue weighted by molar-refractivity contribution is 7.89. The molecule has 156 valence electrons. The summed E-state index contributed by atoms with van der Waals surface area (Å²) in [5, 5.41) is 24.5. The molecule has 1 aliphatic rings. The van der Waals surface area contributed by atoms with Gasteiger partial charge >= 0.3 is 0 Å². The molecule has 0 amide bonds. The summed E-state index contributed by atoms with van der Waals surface area (Å²) in [4.78, 5) is 10.7. The Kier molecular flexibility index (Phi) is 6.41. The van der Waals surface area contributed by atoms with Gasteiger partial charge in [-0.2, -0.15) is 14.7 Å². The van der Waals surface area contributed by atoms with Gasteiger partial charge in [0.05, 0.1) is 40.4 Å². The highest BCUT2D eigenvalue weighted by Gasteiger charge is 2.28. The molecular formula is C19H19N5O5S. The molecule has 30 heavy (non-hydrogen) atoms. The Balaban J connectivity index is 1.86. The molecular weight excluding hydrogens is 410 g/mol. The second-order valence-electron chi connectivity index (χ2n) is 6.45. The number of hydrogen-bond acceptors (Lipinski definition) is 8. The van der Waals surface area contributed by atoms with E-state index in [0.29, 0.717) is 11.3 Å². The van der Waals surface area contributed by atoms with Crippen LogP contribution in [-0.2, 0) is 14.8 Å². The van der Waals surface area contributed by atoms with Gasteiger partial charge in [-0.1, -0.05) is 12.1 Å². The zero-order valence-corrected chi connectivity index (χ0v) is 16.9. The minimum Gasteiger partial charge on any atom is -0.379 e. The van der Waals surface area contributed by atoms with Crippen molar-refractivity contribution in [2.24, 2.45) is 5.10 Å². The third kappa shape index (κ3) is 4.62. The Labute approximate surface area is 173 Å². The number of hydrogen-bond donors (Lipinski definition) is 1. The number of sulfonamides is 1. The lowest BCUT2D eigenvalue weighted by Crippen LogP contribution is -2.40. The number of nitro groups is 1. The maximum absolute atomic E-state index is 12.8. The predicted molar refractivity (Wildman–Crippen MR) is 110 cm³/mol. The van der Waals surface area contributed by atoms with Gasteiger partial charge in [0.2, 0.25) is 10.0 Å². The number of nitrogens with one attached hydrogen (secondary N) is 1. The fourth-order valence-corrected chi connectivity index (χ4v) is 4.28. The van der Waals surface area contributed by atoms with E-state index in [2.05, 4.69) is 10.5 Å². The minimum atomic E-state index is -3.86. The van der Waals surface area contributed by atoms with Gasteiger partial charge in [-0.25, -0.2) is 8.42 Å². The first-order chi connectivity index (χ1) is 14.3. The largest absolute Gasteiger partial charge is 0.379 e. The quantitative estimate of drug-likeness (QED) is 0.422. The van der Waals surface area contributed by atoms with Crippen molar-refractivity contribution in [2.75, 3.05) is 31.7 Å². The Hall–Kier alpha value is -3.33. The van der Waals surface area contributed by atoms with Crippen LogP contribution < -0.4 is 5.43 Å². The number of benzene rings is 2. The molecule has 10 nitrogen and oxygen atoms in total. The summed E-state index contributed by atoms with van der Waals surface area (Å²) in [6, 6.07) is 12.4. The smallest absolute Gasteiger partial charge is 0.295 e. The molecule has 0 spiro atoms. The first kappa shape index (κ1) is 21.4. The van der Waals surface area contributed by atoms with E-state index >= 15 is 0 Å². The third-order valence-electron chi connectivity index (χ3n) is 4.55. The summed E-state index contributed by atoms with van der Waals surface area (Å²) in [5.74, 6) is 0. The third-order valence-corrected chi connectivity index (χ3v) is 6.44. The SMILES string of the molecule is C/C(=N\Nc1ccc(S(=O)(=O)N2CCOCC2)cc1[N+](=O)[O-])c1ccc(C#N)cc1. The maximum Gasteiger partial charge on any atom is 0.295 e. The number of morpholine rings is 1. The summed E-state index contributed by atoms with van der Waals surface area (Å²) >= 11 is 0. The van der Waals surface area contributed by atoms with Crippen molar-refractivity contribution in [3.63, 3.8) is 0 Å². The van der Waals surface area contributed by atoms with Crippen LogP contribution in [0.4, 0.5) is 11.4 Å². The van der Waals surface area contributed by atoms with Gasteiger partial charge < -0.3 is 4.74 Å². The number of rotatable bonds is 6. The predicted octanol–water partition coefficient (Wildman–Crippen LogP) is 2.32. The molecule has 0 aliphatic carbocycles. The maximum atomic E-state index is 12.8. The van der Waals surface area contributed by atoms with Crippen LogP contribution in [0.25, 0.3) is 0 Å². The Bertz CT molecular complexity index is 1120. The van der Waals surface area contributed by atoms with Gasteiger partial charge in [-0.05, 0) is 36.8 Å². The van der Waals surface area contributed by atoms with Crippen molar-refractivity contribution in [2.45, 2.75) is 11.8 Å². The molecule has 1 N–H and O–H groups in total. The van der Waals surface area contributed by atoms with Gasteiger partial charge in [-0.3, -0.25) is 15.5 Å². The van der Waals surface area contributed by atoms with E-state index < -0.39 is 20.6 Å². The average molecular weight is 429 g/mol. The second kappa shape index (κ2) is 9.00. The van der Waals surface area contributed by atoms with Crippen molar-refractivity contribution in [3.8, 4) is 6.07 Å². The summed E-state index contributed by atoms with van der Waals surface area (Å²) in [7, 11) is -3.86. The van der Waals surface area contributed by atoms with E-state index in [1.54, 1.807) is 31.2 Å². The number of ether oxygens (including phenoxy) is 1. The normalized spacial score (nSPS) is 15.4. The molecule has 0 unspecified atom stereocenters. The first-order valence-corrected chi connectivity index (χ1v) is 10.4. The van der Waals surface area contributed by atoms with Crippen molar-refractivity contribution < 1.29 is 18.1 Å². The summed E-state index contributed by atoms with van der Waals surface area (Å²) in [6.07, 6.45) is 0. The van der Waals surface area contributed by atoms with Gasteiger partial charge in [0, 0.05) is 19.2 Å². The lowest BCUT2D eigenvalue weighted by atomic mass is 10.1. The molecule has 11 heteroatoms. The van der Waals surface area contributed by atoms with Gasteiger partial charge in [0.15, 0.2) is 0 Å². The Morgan fingerprint density at radius 2 is 1.90 bits per heavy atom. The van der Waals surface area contributed by atoms with Crippen molar-refractivity contribution in [1.82, 2.24) is 4.31 Å². The van der Waals surface area contributed by atoms with Crippen molar-refractivity contribution >= 4 is 27.1 Å². The molecule has 1 saturated heterocycles. The zero-order valence-electron chi connectivity index (χ0n) is 16.1. The van der Waals surface area contributed by atoms with Crippen LogP contribution in [0, 0.1) is 21.4 Å². The molecule has 0 radical (unpaired) electrons. The van der Waals surface area contributed by atoms with Gasteiger partial charge in [-0.15, -0.1) is 0 Å². The first-order valence-electron chi connectivity index (χ1n) is 9.00. The molecule has 0 aromatic heterocycles. The van der Waals surface area contributed by atoms with Crippen LogP contribution in [-0.4, -0.2) is 49.7 Å². The van der Waals surface area contributed by atoms with E-state index in [0.717, 1.165) is 11.6 Å². The fraction of sp³-hybridized carbons (Fsp3) is 0.263. The zero-order chi connectivity index (χ0) is 21.7. The topological polar surface area (TPSA) is 138 Å². The second-order valence-corrected chi connectivity index (χ2v) is 8.39. The minimum absolute atomic E-state index is 0.0638. The number of nitrogens with zero attached hydrogens (tertiary/aromatic N) is 4. The molecule has 0 saturated carbocycles. The summed E-state index contributed by atoms with van der Waals surface area (Å²) in [5.41, 5.74) is 4.07. The average Bonchev–Trinajstić information content (AvgIpc) is 2.77. The molecule has 1 fully saturated rings. The highest BCUT2D eigenvalue weighted by atomic mass is 32.2. The van der Waals surface area contributed by atoms with Crippen LogP contribution >= 0.6 is 0 Å². The van der Waals surface area contributed by atoms with Crippen LogP contribution in [0.5, 0.6) is 0 Å². The molecule has 2 aromatic rings. The summed E-state index contributed by atoms with van der Waals surface area (Å²) in [6.45, 7) is 2.67. The van der Waals surface area contributed by atoms with Crippen LogP contribution in [0.3, 0.4) is 0 Å². The monoisotopic (exact) mass is 429 g/mol. The van der Waals surface area contributed by atoms with E-state index in [1.165, 1.54) is 16.4 Å². The van der Waals surface area contributed by atoms with E-state index in [9.17, 15) is 18.5 Å². The molecule has 0 bridgehead atoms. The number of nitro benzene ring substituents is 1. The molecule has 0 atom stereocenters. The van der Waals surface area contributed by atoms with Gasteiger partial charge in [0.25, 0.3) is 5.69 Å². The standard InChI is InChI=1S/C19H19N5O5S/c1-14(16-4-2-15(13-20)3-5-16)21-22-18-7-6-17(12-19(18)24(25)26)30(27,28)23-8-10-29-11-9-23/h2-7,12,22H,8-11H2,1H3/b21-14+. The van der Waals surface area contributed by atoms with E-state index in [4.69, 9.17) is 10.00 Å². The van der Waals surface area contributed by atoms with Crippen LogP contribution in [0.15, 0.2) is 52.5 Å². The van der Waals surface area contributed by atoms with Gasteiger partial charge in [0.1, 0.15) is 5.69 Å². The van der Waals surface area contributed by atoms with Crippen molar-refractivity contribution in [1.29, 1.82) is 5.26 Å². The van der Waals surface area contributed by atoms with Crippen LogP contribution in [0.2, 0.25) is 0 Å². The van der Waals surface area contributed by atoms with E-state index in [-0.39, 0.29) is 36.9 Å². The molecule has 3 rings (SSSR count). The molecule has 2 aromatic carbocycles. The summed E-state index contributed by atoms with van der Waals surface area (Å²) < 4.78 is 31.9. The lowest BCUT2D eigenvalue weighted by molar-refractivity contribution is -0.384. The van der Waals surface area contributed by atoms with Crippen molar-refractivity contribution in [3.05, 3.63) is 63.7 Å². The molecule has 1 heterocycles. The fourth-order valence-electron chi connectivity index (χ4n) is 2.85. The lowest BCUT2D eigenvalue weighted by Gasteiger charge is -2.26. The molecule has 1 aliphatic heterocycles.